The maximum absolute atomic E-state index is 12.2. The molecule has 0 bridgehead atoms. The molecule has 1 amide bonds. The number of benzene rings is 2. The lowest BCUT2D eigenvalue weighted by Crippen LogP contribution is -2.20. The van der Waals surface area contributed by atoms with Crippen LogP contribution in [0.5, 0.6) is 5.75 Å². The van der Waals surface area contributed by atoms with E-state index in [1.54, 1.807) is 24.3 Å². The molecule has 116 valence electrons. The summed E-state index contributed by atoms with van der Waals surface area (Å²) in [5.74, 6) is -2.16. The zero-order valence-electron chi connectivity index (χ0n) is 11.3. The molecule has 22 heavy (non-hydrogen) atoms. The lowest BCUT2D eigenvalue weighted by atomic mass is 10.3. The fourth-order valence-corrected chi connectivity index (χ4v) is 2.46. The molecular formula is C15H12F2INO2S. The van der Waals surface area contributed by atoms with E-state index in [1.165, 1.54) is 12.1 Å². The van der Waals surface area contributed by atoms with Gasteiger partial charge in [0.2, 0.25) is 0 Å². The van der Waals surface area contributed by atoms with Crippen LogP contribution in [0, 0.1) is 3.57 Å². The Kier molecular flexibility index (Phi) is 6.44. The van der Waals surface area contributed by atoms with Gasteiger partial charge in [0.15, 0.2) is 6.61 Å². The number of carbonyl (C=O) groups is 1. The molecule has 0 atom stereocenters. The number of hydrogen-bond donors (Lipinski definition) is 1. The van der Waals surface area contributed by atoms with E-state index in [0.29, 0.717) is 28.1 Å². The van der Waals surface area contributed by atoms with Gasteiger partial charge in [-0.2, -0.15) is 8.78 Å². The van der Waals surface area contributed by atoms with Crippen LogP contribution in [0.15, 0.2) is 53.4 Å². The third-order valence-electron chi connectivity index (χ3n) is 2.55. The van der Waals surface area contributed by atoms with Crippen molar-refractivity contribution in [3.05, 3.63) is 52.1 Å². The summed E-state index contributed by atoms with van der Waals surface area (Å²) in [6, 6.07) is 13.6. The first kappa shape index (κ1) is 17.0. The summed E-state index contributed by atoms with van der Waals surface area (Å²) in [6.07, 6.45) is 0. The van der Waals surface area contributed by atoms with Crippen LogP contribution in [0.2, 0.25) is 0 Å². The van der Waals surface area contributed by atoms with E-state index >= 15 is 0 Å². The zero-order valence-corrected chi connectivity index (χ0v) is 14.2. The van der Waals surface area contributed by atoms with Gasteiger partial charge in [0.1, 0.15) is 5.75 Å². The number of nitrogens with one attached hydrogen (secondary N) is 1. The Labute approximate surface area is 144 Å². The van der Waals surface area contributed by atoms with Crippen molar-refractivity contribution >= 4 is 45.9 Å². The second kappa shape index (κ2) is 8.33. The average molecular weight is 435 g/mol. The number of ether oxygens (including phenoxy) is 1. The highest BCUT2D eigenvalue weighted by Gasteiger charge is 2.07. The Bertz CT molecular complexity index is 620. The van der Waals surface area contributed by atoms with Crippen LogP contribution in [-0.4, -0.2) is 18.3 Å². The Hall–Kier alpha value is -1.35. The van der Waals surface area contributed by atoms with Crippen molar-refractivity contribution in [2.24, 2.45) is 0 Å². The number of thioether (sulfide) groups is 1. The summed E-state index contributed by atoms with van der Waals surface area (Å²) < 4.78 is 30.8. The quantitative estimate of drug-likeness (QED) is 0.532. The van der Waals surface area contributed by atoms with Gasteiger partial charge in [-0.15, -0.1) is 0 Å². The molecule has 2 aromatic rings. The van der Waals surface area contributed by atoms with Gasteiger partial charge >= 0.3 is 0 Å². The van der Waals surface area contributed by atoms with Crippen LogP contribution in [0.3, 0.4) is 0 Å². The number of rotatable bonds is 6. The maximum Gasteiger partial charge on any atom is 0.288 e. The van der Waals surface area contributed by atoms with Crippen LogP contribution >= 0.6 is 34.4 Å². The van der Waals surface area contributed by atoms with Gasteiger partial charge in [0.05, 0.1) is 0 Å². The molecule has 0 aliphatic heterocycles. The van der Waals surface area contributed by atoms with Gasteiger partial charge in [0, 0.05) is 14.2 Å². The minimum atomic E-state index is -2.46. The summed E-state index contributed by atoms with van der Waals surface area (Å²) >= 11 is 2.64. The fourth-order valence-electron chi connectivity index (χ4n) is 1.60. The Morgan fingerprint density at radius 1 is 1.14 bits per heavy atom. The number of anilines is 1. The summed E-state index contributed by atoms with van der Waals surface area (Å²) in [5, 5.41) is 2.64. The van der Waals surface area contributed by atoms with Gasteiger partial charge in [0.25, 0.3) is 11.7 Å². The molecule has 0 saturated carbocycles. The van der Waals surface area contributed by atoms with Crippen molar-refractivity contribution in [2.45, 2.75) is 10.7 Å². The van der Waals surface area contributed by atoms with Crippen molar-refractivity contribution in [2.75, 3.05) is 11.9 Å². The number of halogens is 3. The van der Waals surface area contributed by atoms with Gasteiger partial charge < -0.3 is 10.1 Å². The number of carbonyl (C=O) groups excluding carboxylic acids is 1. The lowest BCUT2D eigenvalue weighted by Gasteiger charge is -2.08. The molecule has 2 rings (SSSR count). The molecule has 0 unspecified atom stereocenters. The molecule has 1 N–H and O–H groups in total. The van der Waals surface area contributed by atoms with Crippen molar-refractivity contribution in [1.82, 2.24) is 0 Å². The van der Waals surface area contributed by atoms with Crippen molar-refractivity contribution in [1.29, 1.82) is 0 Å². The second-order valence-electron chi connectivity index (χ2n) is 4.19. The molecular weight excluding hydrogens is 423 g/mol. The van der Waals surface area contributed by atoms with Crippen LogP contribution in [-0.2, 0) is 4.79 Å². The normalized spacial score (nSPS) is 10.5. The fraction of sp³-hybridized carbons (Fsp3) is 0.133. The molecule has 3 nitrogen and oxygen atoms in total. The van der Waals surface area contributed by atoms with E-state index in [0.717, 1.165) is 3.57 Å². The van der Waals surface area contributed by atoms with Crippen molar-refractivity contribution < 1.29 is 18.3 Å². The molecule has 0 fully saturated rings. The van der Waals surface area contributed by atoms with Crippen LogP contribution in [0.1, 0.15) is 0 Å². The summed E-state index contributed by atoms with van der Waals surface area (Å²) in [6.45, 7) is -0.117. The lowest BCUT2D eigenvalue weighted by molar-refractivity contribution is -0.118. The predicted molar refractivity (Wildman–Crippen MR) is 91.6 cm³/mol. The second-order valence-corrected chi connectivity index (χ2v) is 6.50. The van der Waals surface area contributed by atoms with E-state index in [9.17, 15) is 13.6 Å². The monoisotopic (exact) mass is 435 g/mol. The highest BCUT2D eigenvalue weighted by Crippen LogP contribution is 2.26. The van der Waals surface area contributed by atoms with Gasteiger partial charge in [-0.1, -0.05) is 11.8 Å². The highest BCUT2D eigenvalue weighted by molar-refractivity contribution is 14.1. The van der Waals surface area contributed by atoms with Gasteiger partial charge in [-0.3, -0.25) is 4.79 Å². The third kappa shape index (κ3) is 5.80. The van der Waals surface area contributed by atoms with Crippen LogP contribution in [0.4, 0.5) is 14.5 Å². The summed E-state index contributed by atoms with van der Waals surface area (Å²) in [5.41, 5.74) is 0.537. The zero-order chi connectivity index (χ0) is 15.9. The molecule has 0 radical (unpaired) electrons. The average Bonchev–Trinajstić information content (AvgIpc) is 2.48. The molecule has 0 heterocycles. The number of hydrogen-bond acceptors (Lipinski definition) is 3. The first-order valence-electron chi connectivity index (χ1n) is 6.26. The molecule has 2 aromatic carbocycles. The smallest absolute Gasteiger partial charge is 0.288 e. The Morgan fingerprint density at radius 2 is 1.77 bits per heavy atom. The van der Waals surface area contributed by atoms with Gasteiger partial charge in [-0.05, 0) is 71.1 Å². The maximum atomic E-state index is 12.2. The third-order valence-corrected chi connectivity index (χ3v) is 3.99. The topological polar surface area (TPSA) is 38.3 Å². The molecule has 0 saturated heterocycles. The number of amides is 1. The largest absolute Gasteiger partial charge is 0.484 e. The first-order chi connectivity index (χ1) is 10.5. The van der Waals surface area contributed by atoms with E-state index in [4.69, 9.17) is 4.74 Å². The summed E-state index contributed by atoms with van der Waals surface area (Å²) in [7, 11) is 0. The van der Waals surface area contributed by atoms with E-state index in [2.05, 4.69) is 27.9 Å². The minimum Gasteiger partial charge on any atom is -0.484 e. The van der Waals surface area contributed by atoms with Crippen LogP contribution < -0.4 is 10.1 Å². The van der Waals surface area contributed by atoms with Crippen molar-refractivity contribution in [3.63, 3.8) is 0 Å². The summed E-state index contributed by atoms with van der Waals surface area (Å²) in [4.78, 5) is 12.2. The molecule has 0 spiro atoms. The first-order valence-corrected chi connectivity index (χ1v) is 8.22. The van der Waals surface area contributed by atoms with E-state index < -0.39 is 5.76 Å². The predicted octanol–water partition coefficient (Wildman–Crippen LogP) is 4.62. The van der Waals surface area contributed by atoms with E-state index in [-0.39, 0.29) is 12.5 Å². The van der Waals surface area contributed by atoms with Crippen molar-refractivity contribution in [3.8, 4) is 5.75 Å². The van der Waals surface area contributed by atoms with E-state index in [1.807, 2.05) is 12.1 Å². The number of alkyl halides is 2. The SMILES string of the molecule is O=C(COc1ccc(I)cc1)Nc1ccc(SC(F)F)cc1. The minimum absolute atomic E-state index is 0.117. The molecule has 0 aliphatic rings. The van der Waals surface area contributed by atoms with Crippen LogP contribution in [0.25, 0.3) is 0 Å². The highest BCUT2D eigenvalue weighted by atomic mass is 127. The Morgan fingerprint density at radius 3 is 2.36 bits per heavy atom. The Balaban J connectivity index is 1.82. The molecule has 0 aliphatic carbocycles. The van der Waals surface area contributed by atoms with Gasteiger partial charge in [-0.25, -0.2) is 0 Å². The molecule has 0 aromatic heterocycles. The molecule has 7 heteroatoms. The standard InChI is InChI=1S/C15H12F2INO2S/c16-15(17)22-13-7-3-11(4-8-13)19-14(20)9-21-12-5-1-10(18)2-6-12/h1-8,15H,9H2,(H,19,20).